The van der Waals surface area contributed by atoms with Crippen LogP contribution in [0.3, 0.4) is 0 Å². The van der Waals surface area contributed by atoms with Gasteiger partial charge in [0.15, 0.2) is 0 Å². The number of benzene rings is 1. The number of rotatable bonds is 2. The molecule has 2 rings (SSSR count). The number of nitrogens with two attached hydrogens (primary N) is 1. The molecule has 0 aliphatic rings. The monoisotopic (exact) mass is 246 g/mol. The van der Waals surface area contributed by atoms with Crippen LogP contribution in [0.4, 0.5) is 0 Å². The molecule has 0 fully saturated rings. The van der Waals surface area contributed by atoms with Gasteiger partial charge in [-0.2, -0.15) is 0 Å². The lowest BCUT2D eigenvalue weighted by atomic mass is 10.0. The number of hydrogen-bond acceptors (Lipinski definition) is 3. The van der Waals surface area contributed by atoms with Crippen molar-refractivity contribution in [3.05, 3.63) is 39.9 Å². The summed E-state index contributed by atoms with van der Waals surface area (Å²) in [7, 11) is 0. The number of thiazole rings is 1. The first-order valence-electron chi connectivity index (χ1n) is 5.32. The Morgan fingerprint density at radius 3 is 2.29 bits per heavy atom. The van der Waals surface area contributed by atoms with E-state index < -0.39 is 5.91 Å². The van der Waals surface area contributed by atoms with Crippen molar-refractivity contribution >= 4 is 17.2 Å². The van der Waals surface area contributed by atoms with Crippen molar-refractivity contribution in [3.8, 4) is 10.6 Å². The SMILES string of the molecule is Cc1cc(C)c(-c2nc(C(N)=O)cs2)c(C)c1. The number of primary amides is 1. The summed E-state index contributed by atoms with van der Waals surface area (Å²) in [4.78, 5) is 15.3. The third-order valence-electron chi connectivity index (χ3n) is 2.65. The molecule has 3 nitrogen and oxygen atoms in total. The summed E-state index contributed by atoms with van der Waals surface area (Å²) in [5.41, 5.74) is 10.2. The number of aryl methyl sites for hydroxylation is 3. The van der Waals surface area contributed by atoms with Gasteiger partial charge in [0, 0.05) is 10.9 Å². The standard InChI is InChI=1S/C13H14N2OS/c1-7-4-8(2)11(9(3)5-7)13-15-10(6-17-13)12(14)16/h4-6H,1-3H3,(H2,14,16). The van der Waals surface area contributed by atoms with Crippen LogP contribution in [0.2, 0.25) is 0 Å². The van der Waals surface area contributed by atoms with Gasteiger partial charge in [-0.3, -0.25) is 4.79 Å². The molecule has 0 aliphatic heterocycles. The lowest BCUT2D eigenvalue weighted by Gasteiger charge is -2.08. The van der Waals surface area contributed by atoms with Crippen LogP contribution in [0.15, 0.2) is 17.5 Å². The molecule has 17 heavy (non-hydrogen) atoms. The number of amides is 1. The van der Waals surface area contributed by atoms with E-state index in [2.05, 4.69) is 37.9 Å². The average Bonchev–Trinajstić information content (AvgIpc) is 2.65. The zero-order chi connectivity index (χ0) is 12.6. The highest BCUT2D eigenvalue weighted by Crippen LogP contribution is 2.30. The summed E-state index contributed by atoms with van der Waals surface area (Å²) in [5.74, 6) is -0.477. The second kappa shape index (κ2) is 4.30. The van der Waals surface area contributed by atoms with E-state index in [1.165, 1.54) is 28.0 Å². The molecular weight excluding hydrogens is 232 g/mol. The van der Waals surface area contributed by atoms with Crippen LogP contribution >= 0.6 is 11.3 Å². The van der Waals surface area contributed by atoms with E-state index in [-0.39, 0.29) is 0 Å². The first-order chi connectivity index (χ1) is 7.99. The Labute approximate surface area is 104 Å². The number of carbonyl (C=O) groups excluding carboxylic acids is 1. The Bertz CT molecular complexity index is 564. The fourth-order valence-corrected chi connectivity index (χ4v) is 3.00. The Balaban J connectivity index is 2.56. The number of nitrogens with zero attached hydrogens (tertiary/aromatic N) is 1. The third kappa shape index (κ3) is 2.22. The van der Waals surface area contributed by atoms with Gasteiger partial charge in [-0.1, -0.05) is 17.7 Å². The van der Waals surface area contributed by atoms with Gasteiger partial charge in [0.25, 0.3) is 5.91 Å². The highest BCUT2D eigenvalue weighted by atomic mass is 32.1. The number of carbonyl (C=O) groups is 1. The van der Waals surface area contributed by atoms with Crippen molar-refractivity contribution in [2.45, 2.75) is 20.8 Å². The molecule has 0 spiro atoms. The lowest BCUT2D eigenvalue weighted by Crippen LogP contribution is -2.11. The molecule has 0 radical (unpaired) electrons. The largest absolute Gasteiger partial charge is 0.364 e. The molecule has 1 aromatic heterocycles. The molecule has 4 heteroatoms. The van der Waals surface area contributed by atoms with E-state index in [9.17, 15) is 4.79 Å². The summed E-state index contributed by atoms with van der Waals surface area (Å²) in [6, 6.07) is 4.24. The number of hydrogen-bond donors (Lipinski definition) is 1. The predicted octanol–water partition coefficient (Wildman–Crippen LogP) is 2.83. The van der Waals surface area contributed by atoms with Crippen molar-refractivity contribution in [1.29, 1.82) is 0 Å². The molecule has 1 amide bonds. The van der Waals surface area contributed by atoms with Crippen LogP contribution in [0.5, 0.6) is 0 Å². The Kier molecular flexibility index (Phi) is 2.98. The summed E-state index contributed by atoms with van der Waals surface area (Å²) in [5, 5.41) is 2.56. The van der Waals surface area contributed by atoms with Crippen LogP contribution in [-0.2, 0) is 0 Å². The maximum atomic E-state index is 11.0. The Morgan fingerprint density at radius 2 is 1.82 bits per heavy atom. The van der Waals surface area contributed by atoms with Crippen molar-refractivity contribution in [3.63, 3.8) is 0 Å². The van der Waals surface area contributed by atoms with Gasteiger partial charge in [0.05, 0.1) is 0 Å². The van der Waals surface area contributed by atoms with E-state index in [1.54, 1.807) is 5.38 Å². The summed E-state index contributed by atoms with van der Waals surface area (Å²) in [6.45, 7) is 6.18. The molecule has 1 heterocycles. The molecule has 0 saturated heterocycles. The fraction of sp³-hybridized carbons (Fsp3) is 0.231. The van der Waals surface area contributed by atoms with Gasteiger partial charge in [-0.05, 0) is 31.9 Å². The van der Waals surface area contributed by atoms with E-state index in [0.29, 0.717) is 5.69 Å². The first-order valence-corrected chi connectivity index (χ1v) is 6.20. The molecule has 0 unspecified atom stereocenters. The van der Waals surface area contributed by atoms with E-state index in [4.69, 9.17) is 5.73 Å². The van der Waals surface area contributed by atoms with Crippen molar-refractivity contribution in [2.24, 2.45) is 5.73 Å². The van der Waals surface area contributed by atoms with Crippen LogP contribution in [0, 0.1) is 20.8 Å². The molecule has 0 bridgehead atoms. The van der Waals surface area contributed by atoms with Gasteiger partial charge in [-0.25, -0.2) is 4.98 Å². The molecule has 2 aromatic rings. The minimum absolute atomic E-state index is 0.337. The van der Waals surface area contributed by atoms with Crippen molar-refractivity contribution in [2.75, 3.05) is 0 Å². The average molecular weight is 246 g/mol. The van der Waals surface area contributed by atoms with Crippen LogP contribution in [0.25, 0.3) is 10.6 Å². The summed E-state index contributed by atoms with van der Waals surface area (Å²) < 4.78 is 0. The van der Waals surface area contributed by atoms with Crippen molar-refractivity contribution in [1.82, 2.24) is 4.98 Å². The van der Waals surface area contributed by atoms with Gasteiger partial charge >= 0.3 is 0 Å². The Hall–Kier alpha value is -1.68. The molecular formula is C13H14N2OS. The van der Waals surface area contributed by atoms with E-state index in [1.807, 2.05) is 0 Å². The molecule has 0 aliphatic carbocycles. The zero-order valence-electron chi connectivity index (χ0n) is 10.1. The molecule has 88 valence electrons. The van der Waals surface area contributed by atoms with Gasteiger partial charge in [-0.15, -0.1) is 11.3 Å². The summed E-state index contributed by atoms with van der Waals surface area (Å²) in [6.07, 6.45) is 0. The van der Waals surface area contributed by atoms with Gasteiger partial charge < -0.3 is 5.73 Å². The maximum Gasteiger partial charge on any atom is 0.268 e. The second-order valence-electron chi connectivity index (χ2n) is 4.18. The van der Waals surface area contributed by atoms with E-state index in [0.717, 1.165) is 10.6 Å². The fourth-order valence-electron chi connectivity index (χ4n) is 2.02. The molecule has 1 aromatic carbocycles. The maximum absolute atomic E-state index is 11.0. The van der Waals surface area contributed by atoms with Gasteiger partial charge in [0.1, 0.15) is 10.7 Å². The molecule has 0 saturated carbocycles. The molecule has 0 atom stereocenters. The molecule has 2 N–H and O–H groups in total. The predicted molar refractivity (Wildman–Crippen MR) is 70.3 cm³/mol. The smallest absolute Gasteiger partial charge is 0.268 e. The van der Waals surface area contributed by atoms with Crippen LogP contribution < -0.4 is 5.73 Å². The second-order valence-corrected chi connectivity index (χ2v) is 5.03. The highest BCUT2D eigenvalue weighted by molar-refractivity contribution is 7.13. The topological polar surface area (TPSA) is 56.0 Å². The van der Waals surface area contributed by atoms with Gasteiger partial charge in [0.2, 0.25) is 0 Å². The van der Waals surface area contributed by atoms with Crippen LogP contribution in [-0.4, -0.2) is 10.9 Å². The normalized spacial score (nSPS) is 10.5. The third-order valence-corrected chi connectivity index (χ3v) is 3.51. The zero-order valence-corrected chi connectivity index (χ0v) is 10.9. The first kappa shape index (κ1) is 11.8. The highest BCUT2D eigenvalue weighted by Gasteiger charge is 2.12. The lowest BCUT2D eigenvalue weighted by molar-refractivity contribution is 0.0996. The number of aromatic nitrogens is 1. The van der Waals surface area contributed by atoms with E-state index >= 15 is 0 Å². The quantitative estimate of drug-likeness (QED) is 0.885. The van der Waals surface area contributed by atoms with Crippen LogP contribution in [0.1, 0.15) is 27.2 Å². The minimum atomic E-state index is -0.477. The van der Waals surface area contributed by atoms with Crippen molar-refractivity contribution < 1.29 is 4.79 Å². The summed E-state index contributed by atoms with van der Waals surface area (Å²) >= 11 is 1.45. The minimum Gasteiger partial charge on any atom is -0.364 e. The Morgan fingerprint density at radius 1 is 1.24 bits per heavy atom.